The van der Waals surface area contributed by atoms with Crippen LogP contribution in [0.25, 0.3) is 0 Å². The summed E-state index contributed by atoms with van der Waals surface area (Å²) in [4.78, 5) is 18.4. The van der Waals surface area contributed by atoms with Crippen LogP contribution in [0.1, 0.15) is 24.2 Å². The van der Waals surface area contributed by atoms with Gasteiger partial charge < -0.3 is 10.3 Å². The molecule has 1 aromatic rings. The van der Waals surface area contributed by atoms with E-state index < -0.39 is 0 Å². The second-order valence-electron chi connectivity index (χ2n) is 4.38. The van der Waals surface area contributed by atoms with Crippen molar-refractivity contribution in [2.45, 2.75) is 25.1 Å². The number of nitrogens with two attached hydrogens (primary N) is 1. The Hall–Kier alpha value is -1.27. The summed E-state index contributed by atoms with van der Waals surface area (Å²) in [6.45, 7) is 5.02. The predicted molar refractivity (Wildman–Crippen MR) is 74.5 cm³/mol. The summed E-state index contributed by atoms with van der Waals surface area (Å²) in [5, 5.41) is 0.457. The third kappa shape index (κ3) is 2.44. The van der Waals surface area contributed by atoms with E-state index in [0.29, 0.717) is 16.5 Å². The monoisotopic (exact) mass is 266 g/mol. The number of hydrogen-bond acceptors (Lipinski definition) is 5. The van der Waals surface area contributed by atoms with Gasteiger partial charge in [0.2, 0.25) is 0 Å². The Morgan fingerprint density at radius 2 is 2.39 bits per heavy atom. The number of carbonyl (C=O) groups is 1. The molecule has 0 bridgehead atoms. The quantitative estimate of drug-likeness (QED) is 0.624. The summed E-state index contributed by atoms with van der Waals surface area (Å²) in [5.74, 6) is 6.41. The lowest BCUT2D eigenvalue weighted by atomic mass is 10.1. The van der Waals surface area contributed by atoms with Crippen LogP contribution in [0.2, 0.25) is 0 Å². The standard InChI is InChI=1S/C12H18N4OS/c1-8-9(2)18-6-5-16(8)12(17)10-3-4-14-7-11(10)15-13/h3-4,7-9,15H,5-6,13H2,1-2H3. The van der Waals surface area contributed by atoms with Crippen LogP contribution in [0, 0.1) is 0 Å². The molecule has 1 aliphatic rings. The van der Waals surface area contributed by atoms with Crippen molar-refractivity contribution in [2.24, 2.45) is 5.84 Å². The van der Waals surface area contributed by atoms with E-state index in [1.54, 1.807) is 18.5 Å². The van der Waals surface area contributed by atoms with Gasteiger partial charge in [-0.1, -0.05) is 6.92 Å². The first-order valence-electron chi connectivity index (χ1n) is 5.98. The Labute approximate surface area is 111 Å². The van der Waals surface area contributed by atoms with Gasteiger partial charge in [0.15, 0.2) is 0 Å². The first-order chi connectivity index (χ1) is 8.65. The zero-order valence-corrected chi connectivity index (χ0v) is 11.4. The van der Waals surface area contributed by atoms with Gasteiger partial charge in [-0.3, -0.25) is 15.6 Å². The van der Waals surface area contributed by atoms with E-state index in [4.69, 9.17) is 5.84 Å². The average molecular weight is 266 g/mol. The number of nitrogens with one attached hydrogen (secondary N) is 1. The molecule has 2 unspecified atom stereocenters. The summed E-state index contributed by atoms with van der Waals surface area (Å²) in [7, 11) is 0. The third-order valence-electron chi connectivity index (χ3n) is 3.35. The molecule has 3 N–H and O–H groups in total. The largest absolute Gasteiger partial charge is 0.334 e. The molecular weight excluding hydrogens is 248 g/mol. The fraction of sp³-hybridized carbons (Fsp3) is 0.500. The topological polar surface area (TPSA) is 71.2 Å². The van der Waals surface area contributed by atoms with Gasteiger partial charge in [-0.25, -0.2) is 0 Å². The molecule has 2 atom stereocenters. The minimum atomic E-state index is 0.0185. The molecule has 2 rings (SSSR count). The van der Waals surface area contributed by atoms with Gasteiger partial charge in [0.05, 0.1) is 17.4 Å². The summed E-state index contributed by atoms with van der Waals surface area (Å²) < 4.78 is 0. The zero-order chi connectivity index (χ0) is 13.1. The molecule has 1 aliphatic heterocycles. The second kappa shape index (κ2) is 5.58. The molecule has 0 aliphatic carbocycles. The summed E-state index contributed by atoms with van der Waals surface area (Å²) in [6, 6.07) is 1.94. The van der Waals surface area contributed by atoms with Crippen molar-refractivity contribution in [3.8, 4) is 0 Å². The molecule has 0 radical (unpaired) electrons. The highest BCUT2D eigenvalue weighted by Crippen LogP contribution is 2.26. The van der Waals surface area contributed by atoms with Gasteiger partial charge in [-0.15, -0.1) is 0 Å². The molecule has 98 valence electrons. The van der Waals surface area contributed by atoms with Crippen molar-refractivity contribution in [1.82, 2.24) is 9.88 Å². The van der Waals surface area contributed by atoms with Crippen molar-refractivity contribution in [2.75, 3.05) is 17.7 Å². The first kappa shape index (κ1) is 13.2. The molecule has 6 heteroatoms. The number of thioether (sulfide) groups is 1. The van der Waals surface area contributed by atoms with Crippen molar-refractivity contribution in [1.29, 1.82) is 0 Å². The van der Waals surface area contributed by atoms with Gasteiger partial charge >= 0.3 is 0 Å². The molecule has 1 saturated heterocycles. The van der Waals surface area contributed by atoms with Crippen LogP contribution < -0.4 is 11.3 Å². The third-order valence-corrected chi connectivity index (χ3v) is 4.69. The van der Waals surface area contributed by atoms with Crippen molar-refractivity contribution in [3.05, 3.63) is 24.0 Å². The maximum atomic E-state index is 12.5. The highest BCUT2D eigenvalue weighted by molar-refractivity contribution is 8.00. The number of anilines is 1. The summed E-state index contributed by atoms with van der Waals surface area (Å²) >= 11 is 1.91. The van der Waals surface area contributed by atoms with E-state index >= 15 is 0 Å². The Morgan fingerprint density at radius 3 is 3.11 bits per heavy atom. The highest BCUT2D eigenvalue weighted by atomic mass is 32.2. The van der Waals surface area contributed by atoms with E-state index in [1.807, 2.05) is 16.7 Å². The molecule has 1 aromatic heterocycles. The fourth-order valence-corrected chi connectivity index (χ4v) is 3.17. The van der Waals surface area contributed by atoms with E-state index in [1.165, 1.54) is 0 Å². The maximum Gasteiger partial charge on any atom is 0.256 e. The summed E-state index contributed by atoms with van der Waals surface area (Å²) in [6.07, 6.45) is 3.18. The molecule has 0 spiro atoms. The first-order valence-corrected chi connectivity index (χ1v) is 7.03. The number of pyridine rings is 1. The van der Waals surface area contributed by atoms with Crippen LogP contribution in [-0.4, -0.2) is 39.4 Å². The van der Waals surface area contributed by atoms with E-state index in [2.05, 4.69) is 24.3 Å². The number of carbonyl (C=O) groups excluding carboxylic acids is 1. The van der Waals surface area contributed by atoms with Crippen LogP contribution in [0.4, 0.5) is 5.69 Å². The van der Waals surface area contributed by atoms with Gasteiger partial charge in [0.25, 0.3) is 5.91 Å². The van der Waals surface area contributed by atoms with Gasteiger partial charge in [0, 0.05) is 29.8 Å². The Balaban J connectivity index is 2.25. The minimum Gasteiger partial charge on any atom is -0.334 e. The lowest BCUT2D eigenvalue weighted by Crippen LogP contribution is -2.48. The summed E-state index contributed by atoms with van der Waals surface area (Å²) in [5.41, 5.74) is 3.68. The molecule has 5 nitrogen and oxygen atoms in total. The molecule has 2 heterocycles. The number of amides is 1. The second-order valence-corrected chi connectivity index (χ2v) is 5.87. The molecular formula is C12H18N4OS. The molecule has 1 fully saturated rings. The van der Waals surface area contributed by atoms with Gasteiger partial charge in [-0.05, 0) is 13.0 Å². The van der Waals surface area contributed by atoms with Crippen LogP contribution in [0.5, 0.6) is 0 Å². The Morgan fingerprint density at radius 1 is 1.61 bits per heavy atom. The number of nitrogen functional groups attached to an aromatic ring is 1. The SMILES string of the molecule is CC1SCCN(C(=O)c2ccncc2NN)C1C. The number of aromatic nitrogens is 1. The van der Waals surface area contributed by atoms with Crippen LogP contribution in [0.3, 0.4) is 0 Å². The van der Waals surface area contributed by atoms with E-state index in [-0.39, 0.29) is 11.9 Å². The lowest BCUT2D eigenvalue weighted by molar-refractivity contribution is 0.0699. The van der Waals surface area contributed by atoms with Crippen LogP contribution in [0.15, 0.2) is 18.5 Å². The lowest BCUT2D eigenvalue weighted by Gasteiger charge is -2.37. The van der Waals surface area contributed by atoms with Crippen LogP contribution >= 0.6 is 11.8 Å². The van der Waals surface area contributed by atoms with Gasteiger partial charge in [0.1, 0.15) is 0 Å². The number of rotatable bonds is 2. The zero-order valence-electron chi connectivity index (χ0n) is 10.6. The van der Waals surface area contributed by atoms with Crippen molar-refractivity contribution < 1.29 is 4.79 Å². The highest BCUT2D eigenvalue weighted by Gasteiger charge is 2.30. The number of hydrazine groups is 1. The van der Waals surface area contributed by atoms with Crippen molar-refractivity contribution >= 4 is 23.4 Å². The maximum absolute atomic E-state index is 12.5. The molecule has 18 heavy (non-hydrogen) atoms. The molecule has 0 aromatic carbocycles. The van der Waals surface area contributed by atoms with Gasteiger partial charge in [-0.2, -0.15) is 11.8 Å². The van der Waals surface area contributed by atoms with Crippen LogP contribution in [-0.2, 0) is 0 Å². The molecule has 0 saturated carbocycles. The van der Waals surface area contributed by atoms with E-state index in [0.717, 1.165) is 12.3 Å². The smallest absolute Gasteiger partial charge is 0.256 e. The van der Waals surface area contributed by atoms with Crippen molar-refractivity contribution in [3.63, 3.8) is 0 Å². The molecule has 1 amide bonds. The average Bonchev–Trinajstić information content (AvgIpc) is 2.41. The fourth-order valence-electron chi connectivity index (χ4n) is 2.07. The predicted octanol–water partition coefficient (Wildman–Crippen LogP) is 1.33. The number of hydrogen-bond donors (Lipinski definition) is 2. The minimum absolute atomic E-state index is 0.0185. The Kier molecular flexibility index (Phi) is 4.08. The van der Waals surface area contributed by atoms with E-state index in [9.17, 15) is 4.79 Å². The Bertz CT molecular complexity index is 440. The number of nitrogens with zero attached hydrogens (tertiary/aromatic N) is 2. The normalized spacial score (nSPS) is 23.8.